The molecule has 1 N–H and O–H groups in total. The molecule has 0 aromatic heterocycles. The van der Waals surface area contributed by atoms with Crippen LogP contribution in [-0.2, 0) is 4.79 Å². The molecule has 2 heterocycles. The third kappa shape index (κ3) is 1.07. The van der Waals surface area contributed by atoms with E-state index in [9.17, 15) is 9.59 Å². The third-order valence-electron chi connectivity index (χ3n) is 2.97. The minimum Gasteiger partial charge on any atom is -0.481 e. The van der Waals surface area contributed by atoms with Gasteiger partial charge < -0.3 is 14.9 Å². The summed E-state index contributed by atoms with van der Waals surface area (Å²) < 4.78 is 0. The van der Waals surface area contributed by atoms with Gasteiger partial charge in [0.25, 0.3) is 0 Å². The standard InChI is InChI=1S/C8H12N2O3/c1-9-6-4-10(8(9)13)3-2-5(6)7(11)12/h5-6H,2-4H2,1H3,(H,11,12). The first-order chi connectivity index (χ1) is 6.11. The van der Waals surface area contributed by atoms with Gasteiger partial charge in [0.2, 0.25) is 0 Å². The second kappa shape index (κ2) is 2.61. The second-order valence-corrected chi connectivity index (χ2v) is 3.64. The summed E-state index contributed by atoms with van der Waals surface area (Å²) >= 11 is 0. The van der Waals surface area contributed by atoms with Crippen LogP contribution in [0.1, 0.15) is 6.42 Å². The van der Waals surface area contributed by atoms with Gasteiger partial charge in [0.05, 0.1) is 12.0 Å². The highest BCUT2D eigenvalue weighted by atomic mass is 16.4. The minimum atomic E-state index is -0.786. The maximum atomic E-state index is 11.4. The molecular formula is C8H12N2O3. The van der Waals surface area contributed by atoms with Crippen LogP contribution in [0.4, 0.5) is 4.79 Å². The Balaban J connectivity index is 2.22. The van der Waals surface area contributed by atoms with Crippen molar-refractivity contribution < 1.29 is 14.7 Å². The number of likely N-dealkylation sites (N-methyl/N-ethyl adjacent to an activating group) is 1. The quantitative estimate of drug-likeness (QED) is 0.615. The van der Waals surface area contributed by atoms with Crippen molar-refractivity contribution in [3.8, 4) is 0 Å². The molecule has 0 aromatic carbocycles. The van der Waals surface area contributed by atoms with Crippen LogP contribution in [0.25, 0.3) is 0 Å². The predicted molar refractivity (Wildman–Crippen MR) is 44.3 cm³/mol. The van der Waals surface area contributed by atoms with Crippen molar-refractivity contribution in [3.05, 3.63) is 0 Å². The normalized spacial score (nSPS) is 32.5. The Morgan fingerprint density at radius 2 is 2.31 bits per heavy atom. The van der Waals surface area contributed by atoms with Crippen molar-refractivity contribution in [1.82, 2.24) is 9.80 Å². The number of carboxylic acids is 1. The summed E-state index contributed by atoms with van der Waals surface area (Å²) in [4.78, 5) is 25.5. The first kappa shape index (κ1) is 8.34. The summed E-state index contributed by atoms with van der Waals surface area (Å²) in [5, 5.41) is 8.91. The van der Waals surface area contributed by atoms with Gasteiger partial charge >= 0.3 is 12.0 Å². The van der Waals surface area contributed by atoms with Crippen LogP contribution in [0.5, 0.6) is 0 Å². The Kier molecular flexibility index (Phi) is 1.68. The van der Waals surface area contributed by atoms with Crippen molar-refractivity contribution >= 4 is 12.0 Å². The number of carbonyl (C=O) groups excluding carboxylic acids is 1. The number of piperidine rings is 1. The fourth-order valence-corrected chi connectivity index (χ4v) is 2.15. The van der Waals surface area contributed by atoms with E-state index in [0.29, 0.717) is 19.5 Å². The van der Waals surface area contributed by atoms with Gasteiger partial charge in [0, 0.05) is 20.1 Å². The lowest BCUT2D eigenvalue weighted by Gasteiger charge is -2.27. The van der Waals surface area contributed by atoms with E-state index >= 15 is 0 Å². The number of aliphatic carboxylic acids is 1. The number of carbonyl (C=O) groups is 2. The van der Waals surface area contributed by atoms with E-state index in [1.807, 2.05) is 0 Å². The minimum absolute atomic E-state index is 0.0336. The predicted octanol–water partition coefficient (Wildman–Crippen LogP) is -0.173. The molecule has 0 aromatic rings. The van der Waals surface area contributed by atoms with Crippen LogP contribution in [0.15, 0.2) is 0 Å². The molecule has 0 saturated carbocycles. The van der Waals surface area contributed by atoms with E-state index in [-0.39, 0.29) is 18.0 Å². The van der Waals surface area contributed by atoms with Gasteiger partial charge in [-0.3, -0.25) is 4.79 Å². The molecule has 5 nitrogen and oxygen atoms in total. The highest BCUT2D eigenvalue weighted by Crippen LogP contribution is 2.28. The number of fused-ring (bicyclic) bond motifs is 2. The summed E-state index contributed by atoms with van der Waals surface area (Å²) in [5.74, 6) is -1.17. The van der Waals surface area contributed by atoms with E-state index in [2.05, 4.69) is 0 Å². The number of rotatable bonds is 1. The van der Waals surface area contributed by atoms with Crippen molar-refractivity contribution in [1.29, 1.82) is 0 Å². The molecule has 5 heteroatoms. The number of urea groups is 1. The topological polar surface area (TPSA) is 60.9 Å². The maximum Gasteiger partial charge on any atom is 0.320 e. The van der Waals surface area contributed by atoms with Gasteiger partial charge in [-0.15, -0.1) is 0 Å². The third-order valence-corrected chi connectivity index (χ3v) is 2.97. The summed E-state index contributed by atoms with van der Waals surface area (Å²) in [6, 6.07) is -0.160. The Bertz CT molecular complexity index is 266. The Labute approximate surface area is 75.9 Å². The number of nitrogens with zero attached hydrogens (tertiary/aromatic N) is 2. The van der Waals surface area contributed by atoms with Crippen molar-refractivity contribution in [3.63, 3.8) is 0 Å². The molecule has 2 fully saturated rings. The second-order valence-electron chi connectivity index (χ2n) is 3.64. The lowest BCUT2D eigenvalue weighted by Crippen LogP contribution is -2.42. The van der Waals surface area contributed by atoms with E-state index in [1.54, 1.807) is 16.8 Å². The van der Waals surface area contributed by atoms with Crippen LogP contribution in [-0.4, -0.2) is 53.1 Å². The monoisotopic (exact) mass is 184 g/mol. The molecule has 2 aliphatic rings. The van der Waals surface area contributed by atoms with E-state index in [0.717, 1.165) is 0 Å². The highest BCUT2D eigenvalue weighted by molar-refractivity contribution is 5.80. The SMILES string of the molecule is CN1C(=O)N2CCC(C(=O)O)C1C2. The van der Waals surface area contributed by atoms with Crippen molar-refractivity contribution in [2.75, 3.05) is 20.1 Å². The number of carboxylic acid groups (broad SMARTS) is 1. The molecule has 2 amide bonds. The molecule has 2 aliphatic heterocycles. The molecule has 2 rings (SSSR count). The van der Waals surface area contributed by atoms with E-state index in [1.165, 1.54) is 0 Å². The Morgan fingerprint density at radius 3 is 2.92 bits per heavy atom. The van der Waals surface area contributed by atoms with Crippen LogP contribution < -0.4 is 0 Å². The molecule has 0 radical (unpaired) electrons. The molecule has 2 unspecified atom stereocenters. The number of hydrogen-bond acceptors (Lipinski definition) is 2. The fourth-order valence-electron chi connectivity index (χ4n) is 2.15. The average Bonchev–Trinajstić information content (AvgIpc) is 2.32. The zero-order valence-corrected chi connectivity index (χ0v) is 7.43. The molecule has 72 valence electrons. The molecular weight excluding hydrogens is 172 g/mol. The largest absolute Gasteiger partial charge is 0.481 e. The number of hydrogen-bond donors (Lipinski definition) is 1. The molecule has 0 spiro atoms. The zero-order chi connectivity index (χ0) is 9.59. The van der Waals surface area contributed by atoms with Crippen LogP contribution in [0.2, 0.25) is 0 Å². The zero-order valence-electron chi connectivity index (χ0n) is 7.43. The lowest BCUT2D eigenvalue weighted by molar-refractivity contribution is -0.144. The van der Waals surface area contributed by atoms with Gasteiger partial charge in [0.1, 0.15) is 0 Å². The molecule has 2 saturated heterocycles. The summed E-state index contributed by atoms with van der Waals surface area (Å²) in [7, 11) is 1.67. The molecule has 2 bridgehead atoms. The number of amides is 2. The van der Waals surface area contributed by atoms with Crippen LogP contribution in [0.3, 0.4) is 0 Å². The Morgan fingerprint density at radius 1 is 1.62 bits per heavy atom. The average molecular weight is 184 g/mol. The lowest BCUT2D eigenvalue weighted by atomic mass is 9.93. The van der Waals surface area contributed by atoms with Gasteiger partial charge in [-0.1, -0.05) is 0 Å². The van der Waals surface area contributed by atoms with Gasteiger partial charge in [-0.05, 0) is 6.42 Å². The van der Waals surface area contributed by atoms with Gasteiger partial charge in [0.15, 0.2) is 0 Å². The fraction of sp³-hybridized carbons (Fsp3) is 0.750. The molecule has 2 atom stereocenters. The summed E-state index contributed by atoms with van der Waals surface area (Å²) in [5.41, 5.74) is 0. The first-order valence-corrected chi connectivity index (χ1v) is 4.36. The molecule has 0 aliphatic carbocycles. The summed E-state index contributed by atoms with van der Waals surface area (Å²) in [6.45, 7) is 1.16. The van der Waals surface area contributed by atoms with E-state index in [4.69, 9.17) is 5.11 Å². The van der Waals surface area contributed by atoms with Crippen molar-refractivity contribution in [2.45, 2.75) is 12.5 Å². The highest BCUT2D eigenvalue weighted by Gasteiger charge is 2.45. The van der Waals surface area contributed by atoms with Crippen molar-refractivity contribution in [2.24, 2.45) is 5.92 Å². The smallest absolute Gasteiger partial charge is 0.320 e. The van der Waals surface area contributed by atoms with Gasteiger partial charge in [-0.25, -0.2) is 4.79 Å². The van der Waals surface area contributed by atoms with Crippen LogP contribution in [0, 0.1) is 5.92 Å². The van der Waals surface area contributed by atoms with Crippen LogP contribution >= 0.6 is 0 Å². The summed E-state index contributed by atoms with van der Waals surface area (Å²) in [6.07, 6.45) is 0.579. The maximum absolute atomic E-state index is 11.4. The van der Waals surface area contributed by atoms with E-state index < -0.39 is 5.97 Å². The molecule has 13 heavy (non-hydrogen) atoms. The first-order valence-electron chi connectivity index (χ1n) is 4.36. The Hall–Kier alpha value is -1.26. The van der Waals surface area contributed by atoms with Gasteiger partial charge in [-0.2, -0.15) is 0 Å².